The smallest absolute Gasteiger partial charge is 0.347 e. The minimum atomic E-state index is -4.40. The van der Waals surface area contributed by atoms with Gasteiger partial charge in [-0.15, -0.1) is 11.3 Å². The number of hydrogen-bond donors (Lipinski definition) is 1. The maximum Gasteiger partial charge on any atom is 0.416 e. The molecule has 0 saturated carbocycles. The van der Waals surface area contributed by atoms with Gasteiger partial charge in [-0.1, -0.05) is 6.07 Å². The quantitative estimate of drug-likeness (QED) is 0.839. The molecule has 2 aromatic rings. The molecule has 25 heavy (non-hydrogen) atoms. The van der Waals surface area contributed by atoms with Crippen molar-refractivity contribution in [3.05, 3.63) is 34.2 Å². The van der Waals surface area contributed by atoms with Crippen LogP contribution in [-0.2, 0) is 11.0 Å². The molecule has 0 radical (unpaired) electrons. The summed E-state index contributed by atoms with van der Waals surface area (Å²) in [5.74, 6) is -0.177. The Labute approximate surface area is 145 Å². The molecule has 3 heterocycles. The Bertz CT molecular complexity index is 897. The zero-order valence-electron chi connectivity index (χ0n) is 13.4. The molecule has 2 aliphatic heterocycles. The summed E-state index contributed by atoms with van der Waals surface area (Å²) < 4.78 is 39.1. The summed E-state index contributed by atoms with van der Waals surface area (Å²) in [6.07, 6.45) is -3.21. The normalized spacial score (nSPS) is 19.4. The summed E-state index contributed by atoms with van der Waals surface area (Å²) in [4.78, 5) is 26.2. The van der Waals surface area contributed by atoms with Gasteiger partial charge in [-0.3, -0.25) is 9.59 Å². The van der Waals surface area contributed by atoms with E-state index in [0.29, 0.717) is 40.0 Å². The van der Waals surface area contributed by atoms with Gasteiger partial charge in [0.25, 0.3) is 5.91 Å². The second-order valence-electron chi connectivity index (χ2n) is 6.75. The van der Waals surface area contributed by atoms with Gasteiger partial charge in [0.2, 0.25) is 5.91 Å². The number of benzene rings is 1. The van der Waals surface area contributed by atoms with Crippen molar-refractivity contribution in [2.24, 2.45) is 0 Å². The molecule has 8 heteroatoms. The molecule has 132 valence electrons. The average molecular weight is 368 g/mol. The van der Waals surface area contributed by atoms with Crippen LogP contribution in [0, 0.1) is 6.92 Å². The van der Waals surface area contributed by atoms with Gasteiger partial charge in [0.05, 0.1) is 16.0 Å². The highest BCUT2D eigenvalue weighted by Gasteiger charge is 2.49. The first-order valence-corrected chi connectivity index (χ1v) is 8.71. The van der Waals surface area contributed by atoms with Crippen molar-refractivity contribution in [2.45, 2.75) is 31.5 Å². The van der Waals surface area contributed by atoms with Crippen LogP contribution in [0.2, 0.25) is 0 Å². The lowest BCUT2D eigenvalue weighted by molar-refractivity contribution is -0.137. The third-order valence-electron chi connectivity index (χ3n) is 4.97. The Balaban J connectivity index is 1.60. The second-order valence-corrected chi connectivity index (χ2v) is 7.81. The average Bonchev–Trinajstić information content (AvgIpc) is 3.05. The molecule has 0 aliphatic carbocycles. The van der Waals surface area contributed by atoms with Crippen LogP contribution in [0.4, 0.5) is 13.2 Å². The lowest BCUT2D eigenvalue weighted by Gasteiger charge is -2.47. The number of halogens is 3. The van der Waals surface area contributed by atoms with Crippen LogP contribution < -0.4 is 5.32 Å². The number of rotatable bonds is 1. The number of alkyl halides is 3. The van der Waals surface area contributed by atoms with E-state index < -0.39 is 11.7 Å². The van der Waals surface area contributed by atoms with E-state index in [1.54, 1.807) is 11.8 Å². The van der Waals surface area contributed by atoms with E-state index in [1.807, 2.05) is 0 Å². The molecule has 4 rings (SSSR count). The number of carbonyl (C=O) groups excluding carboxylic acids is 2. The number of thiophene rings is 1. The van der Waals surface area contributed by atoms with E-state index in [0.717, 1.165) is 29.9 Å². The summed E-state index contributed by atoms with van der Waals surface area (Å²) in [6.45, 7) is 2.67. The highest BCUT2D eigenvalue weighted by atomic mass is 32.1. The molecule has 1 spiro atoms. The first kappa shape index (κ1) is 16.4. The zero-order valence-corrected chi connectivity index (χ0v) is 14.2. The van der Waals surface area contributed by atoms with Crippen molar-refractivity contribution < 1.29 is 22.8 Å². The molecule has 2 aliphatic rings. The minimum absolute atomic E-state index is 0.00446. The van der Waals surface area contributed by atoms with Crippen LogP contribution in [0.1, 0.15) is 33.6 Å². The number of aryl methyl sites for hydroxylation is 1. The second kappa shape index (κ2) is 5.20. The summed E-state index contributed by atoms with van der Waals surface area (Å²) in [7, 11) is 0. The predicted octanol–water partition coefficient (Wildman–Crippen LogP) is 3.33. The molecule has 0 atom stereocenters. The predicted molar refractivity (Wildman–Crippen MR) is 87.6 cm³/mol. The summed E-state index contributed by atoms with van der Waals surface area (Å²) in [6, 6.07) is 3.57. The molecule has 1 N–H and O–H groups in total. The Morgan fingerprint density at radius 1 is 1.32 bits per heavy atom. The minimum Gasteiger partial charge on any atom is -0.347 e. The van der Waals surface area contributed by atoms with Crippen LogP contribution in [0.3, 0.4) is 0 Å². The number of nitrogens with zero attached hydrogens (tertiary/aromatic N) is 1. The molecule has 0 unspecified atom stereocenters. The van der Waals surface area contributed by atoms with Gasteiger partial charge in [0, 0.05) is 24.2 Å². The topological polar surface area (TPSA) is 49.4 Å². The van der Waals surface area contributed by atoms with E-state index in [2.05, 4.69) is 5.32 Å². The van der Waals surface area contributed by atoms with Crippen LogP contribution in [0.5, 0.6) is 0 Å². The van der Waals surface area contributed by atoms with Gasteiger partial charge in [0.15, 0.2) is 0 Å². The molecular formula is C17H15F3N2O2S. The molecule has 2 amide bonds. The van der Waals surface area contributed by atoms with Gasteiger partial charge in [-0.05, 0) is 36.4 Å². The number of likely N-dealkylation sites (tertiary alicyclic amines) is 1. The van der Waals surface area contributed by atoms with Crippen LogP contribution in [0.15, 0.2) is 18.2 Å². The Kier molecular flexibility index (Phi) is 3.41. The maximum atomic E-state index is 12.9. The number of fused-ring (bicyclic) bond motifs is 1. The van der Waals surface area contributed by atoms with E-state index in [1.165, 1.54) is 6.07 Å². The van der Waals surface area contributed by atoms with Crippen LogP contribution >= 0.6 is 11.3 Å². The fourth-order valence-corrected chi connectivity index (χ4v) is 4.80. The van der Waals surface area contributed by atoms with E-state index in [9.17, 15) is 22.8 Å². The van der Waals surface area contributed by atoms with Gasteiger partial charge in [-0.25, -0.2) is 0 Å². The fraction of sp³-hybridized carbons (Fsp3) is 0.412. The molecule has 1 aromatic carbocycles. The Morgan fingerprint density at radius 3 is 2.64 bits per heavy atom. The lowest BCUT2D eigenvalue weighted by Crippen LogP contribution is -2.68. The first-order chi connectivity index (χ1) is 11.7. The molecule has 1 aromatic heterocycles. The molecule has 0 bridgehead atoms. The SMILES string of the molecule is Cc1c(C(=O)N2CC3(CCC(=O)N3)C2)sc2cc(C(F)(F)F)ccc12. The van der Waals surface area contributed by atoms with Gasteiger partial charge in [-0.2, -0.15) is 13.2 Å². The van der Waals surface area contributed by atoms with E-state index in [-0.39, 0.29) is 17.4 Å². The third-order valence-corrected chi connectivity index (χ3v) is 6.21. The van der Waals surface area contributed by atoms with Crippen molar-refractivity contribution >= 4 is 33.2 Å². The van der Waals surface area contributed by atoms with E-state index in [4.69, 9.17) is 0 Å². The number of amides is 2. The summed E-state index contributed by atoms with van der Waals surface area (Å²) in [5, 5.41) is 3.59. The number of nitrogens with one attached hydrogen (secondary N) is 1. The standard InChI is InChI=1S/C17H15F3N2O2S/c1-9-11-3-2-10(17(18,19)20)6-12(11)25-14(9)15(24)22-7-16(8-22)5-4-13(23)21-16/h2-3,6H,4-5,7-8H2,1H3,(H,21,23). The summed E-state index contributed by atoms with van der Waals surface area (Å²) >= 11 is 1.09. The lowest BCUT2D eigenvalue weighted by atomic mass is 9.88. The van der Waals surface area contributed by atoms with Crippen molar-refractivity contribution in [1.82, 2.24) is 10.2 Å². The first-order valence-electron chi connectivity index (χ1n) is 7.89. The highest BCUT2D eigenvalue weighted by molar-refractivity contribution is 7.21. The molecule has 4 nitrogen and oxygen atoms in total. The van der Waals surface area contributed by atoms with Gasteiger partial charge < -0.3 is 10.2 Å². The van der Waals surface area contributed by atoms with Gasteiger partial charge >= 0.3 is 6.18 Å². The van der Waals surface area contributed by atoms with Crippen molar-refractivity contribution in [1.29, 1.82) is 0 Å². The number of hydrogen-bond acceptors (Lipinski definition) is 3. The van der Waals surface area contributed by atoms with E-state index >= 15 is 0 Å². The monoisotopic (exact) mass is 368 g/mol. The largest absolute Gasteiger partial charge is 0.416 e. The Morgan fingerprint density at radius 2 is 2.04 bits per heavy atom. The summed E-state index contributed by atoms with van der Waals surface area (Å²) in [5.41, 5.74) is -0.312. The highest BCUT2D eigenvalue weighted by Crippen LogP contribution is 2.38. The maximum absolute atomic E-state index is 12.9. The third kappa shape index (κ3) is 2.59. The molecule has 2 saturated heterocycles. The van der Waals surface area contributed by atoms with Crippen molar-refractivity contribution in [3.8, 4) is 0 Å². The number of carbonyl (C=O) groups is 2. The van der Waals surface area contributed by atoms with Crippen LogP contribution in [-0.4, -0.2) is 35.3 Å². The fourth-order valence-electron chi connectivity index (χ4n) is 3.59. The van der Waals surface area contributed by atoms with Crippen molar-refractivity contribution in [3.63, 3.8) is 0 Å². The van der Waals surface area contributed by atoms with Crippen molar-refractivity contribution in [2.75, 3.05) is 13.1 Å². The van der Waals surface area contributed by atoms with Gasteiger partial charge in [0.1, 0.15) is 0 Å². The molecule has 2 fully saturated rings. The molecular weight excluding hydrogens is 353 g/mol. The Hall–Kier alpha value is -2.09. The van der Waals surface area contributed by atoms with Crippen LogP contribution in [0.25, 0.3) is 10.1 Å². The zero-order chi connectivity index (χ0) is 18.0.